The monoisotopic (exact) mass is 266 g/mol. The summed E-state index contributed by atoms with van der Waals surface area (Å²) in [6.45, 7) is 7.55. The Morgan fingerprint density at radius 3 is 2.42 bits per heavy atom. The van der Waals surface area contributed by atoms with E-state index in [9.17, 15) is 13.2 Å². The highest BCUT2D eigenvalue weighted by Crippen LogP contribution is 2.32. The summed E-state index contributed by atoms with van der Waals surface area (Å²) in [6, 6.07) is 5.64. The molecule has 0 saturated heterocycles. The van der Waals surface area contributed by atoms with Gasteiger partial charge < -0.3 is 0 Å². The first-order chi connectivity index (χ1) is 8.86. The van der Waals surface area contributed by atoms with Crippen LogP contribution in [0.25, 0.3) is 0 Å². The Bertz CT molecular complexity index is 505. The quantitative estimate of drug-likeness (QED) is 0.646. The fourth-order valence-corrected chi connectivity index (χ4v) is 1.77. The topological polar surface area (TPSA) is 0 Å². The number of alkyl halides is 3. The maximum Gasteiger partial charge on any atom is 0.416 e. The fourth-order valence-electron chi connectivity index (χ4n) is 1.77. The summed E-state index contributed by atoms with van der Waals surface area (Å²) >= 11 is 0. The molecule has 0 aliphatic rings. The minimum atomic E-state index is -4.30. The van der Waals surface area contributed by atoms with Gasteiger partial charge >= 0.3 is 6.18 Å². The summed E-state index contributed by atoms with van der Waals surface area (Å²) in [7, 11) is 0. The average Bonchev–Trinajstić information content (AvgIpc) is 2.33. The van der Waals surface area contributed by atoms with Crippen molar-refractivity contribution < 1.29 is 13.2 Å². The van der Waals surface area contributed by atoms with Crippen LogP contribution in [0.5, 0.6) is 0 Å². The largest absolute Gasteiger partial charge is 0.416 e. The molecule has 0 N–H and O–H groups in total. The number of allylic oxidation sites excluding steroid dienone is 5. The molecule has 1 aromatic carbocycles. The lowest BCUT2D eigenvalue weighted by Crippen LogP contribution is -2.08. The molecule has 0 aliphatic carbocycles. The zero-order valence-corrected chi connectivity index (χ0v) is 11.1. The molecule has 0 nitrogen and oxygen atoms in total. The van der Waals surface area contributed by atoms with Gasteiger partial charge in [-0.3, -0.25) is 0 Å². The third-order valence-electron chi connectivity index (χ3n) is 2.76. The SMILES string of the molecule is C=C(C)C(/C=C\Cc1ccccc1C(F)(F)F)=C\C. The van der Waals surface area contributed by atoms with E-state index in [1.54, 1.807) is 18.2 Å². The van der Waals surface area contributed by atoms with E-state index in [1.807, 2.05) is 19.9 Å². The molecule has 0 saturated carbocycles. The van der Waals surface area contributed by atoms with Crippen LogP contribution < -0.4 is 0 Å². The third kappa shape index (κ3) is 4.43. The van der Waals surface area contributed by atoms with Gasteiger partial charge in [0.2, 0.25) is 0 Å². The summed E-state index contributed by atoms with van der Waals surface area (Å²) in [5, 5.41) is 0. The number of rotatable bonds is 4. The van der Waals surface area contributed by atoms with E-state index in [1.165, 1.54) is 12.1 Å². The lowest BCUT2D eigenvalue weighted by molar-refractivity contribution is -0.138. The predicted molar refractivity (Wildman–Crippen MR) is 72.9 cm³/mol. The summed E-state index contributed by atoms with van der Waals surface area (Å²) in [6.07, 6.45) is 1.36. The van der Waals surface area contributed by atoms with Gasteiger partial charge in [-0.25, -0.2) is 0 Å². The molecule has 0 atom stereocenters. The van der Waals surface area contributed by atoms with E-state index in [4.69, 9.17) is 0 Å². The van der Waals surface area contributed by atoms with Gasteiger partial charge in [0, 0.05) is 0 Å². The van der Waals surface area contributed by atoms with E-state index in [2.05, 4.69) is 6.58 Å². The van der Waals surface area contributed by atoms with Crippen molar-refractivity contribution >= 4 is 0 Å². The van der Waals surface area contributed by atoms with E-state index in [0.717, 1.165) is 17.2 Å². The first-order valence-electron chi connectivity index (χ1n) is 6.00. The van der Waals surface area contributed by atoms with E-state index >= 15 is 0 Å². The van der Waals surface area contributed by atoms with E-state index in [0.29, 0.717) is 0 Å². The number of hydrogen-bond donors (Lipinski definition) is 0. The molecule has 0 heterocycles. The van der Waals surface area contributed by atoms with Gasteiger partial charge in [0.25, 0.3) is 0 Å². The van der Waals surface area contributed by atoms with Gasteiger partial charge in [-0.1, -0.05) is 48.6 Å². The highest BCUT2D eigenvalue weighted by Gasteiger charge is 2.32. The van der Waals surface area contributed by atoms with E-state index in [-0.39, 0.29) is 12.0 Å². The Balaban J connectivity index is 2.90. The van der Waals surface area contributed by atoms with Crippen molar-refractivity contribution in [3.8, 4) is 0 Å². The van der Waals surface area contributed by atoms with Crippen molar-refractivity contribution in [2.75, 3.05) is 0 Å². The molecule has 19 heavy (non-hydrogen) atoms. The summed E-state index contributed by atoms with van der Waals surface area (Å²) in [5.74, 6) is 0. The molecular formula is C16H17F3. The first kappa shape index (κ1) is 15.3. The van der Waals surface area contributed by atoms with Crippen LogP contribution in [0.2, 0.25) is 0 Å². The molecule has 3 heteroatoms. The Labute approximate surface area is 112 Å². The van der Waals surface area contributed by atoms with Crippen LogP contribution in [0.1, 0.15) is 25.0 Å². The molecule has 1 aromatic rings. The Kier molecular flexibility index (Phi) is 5.16. The lowest BCUT2D eigenvalue weighted by atomic mass is 10.0. The molecular weight excluding hydrogens is 249 g/mol. The van der Waals surface area contributed by atoms with Gasteiger partial charge in [-0.2, -0.15) is 13.2 Å². The summed E-state index contributed by atoms with van der Waals surface area (Å²) in [5.41, 5.74) is 1.53. The van der Waals surface area contributed by atoms with Gasteiger partial charge in [-0.05, 0) is 37.5 Å². The zero-order chi connectivity index (χ0) is 14.5. The van der Waals surface area contributed by atoms with Gasteiger partial charge in [0.05, 0.1) is 5.56 Å². The lowest BCUT2D eigenvalue weighted by Gasteiger charge is -2.11. The third-order valence-corrected chi connectivity index (χ3v) is 2.76. The van der Waals surface area contributed by atoms with Crippen molar-refractivity contribution in [1.82, 2.24) is 0 Å². The Morgan fingerprint density at radius 1 is 1.26 bits per heavy atom. The standard InChI is InChI=1S/C16H17F3/c1-4-13(12(2)3)9-7-10-14-8-5-6-11-15(14)16(17,18)19/h4-9,11H,2,10H2,1,3H3/b9-7-,13-4-. The molecule has 0 unspecified atom stereocenters. The van der Waals surface area contributed by atoms with Crippen LogP contribution in [0.4, 0.5) is 13.2 Å². The van der Waals surface area contributed by atoms with Crippen LogP contribution in [0.15, 0.2) is 60.2 Å². The second kappa shape index (κ2) is 6.41. The molecule has 0 radical (unpaired) electrons. The van der Waals surface area contributed by atoms with E-state index < -0.39 is 11.7 Å². The zero-order valence-electron chi connectivity index (χ0n) is 11.1. The highest BCUT2D eigenvalue weighted by molar-refractivity contribution is 5.37. The van der Waals surface area contributed by atoms with Crippen molar-refractivity contribution in [3.05, 3.63) is 71.3 Å². The van der Waals surface area contributed by atoms with Gasteiger partial charge in [0.1, 0.15) is 0 Å². The molecule has 0 aliphatic heterocycles. The molecule has 0 bridgehead atoms. The first-order valence-corrected chi connectivity index (χ1v) is 6.00. The van der Waals surface area contributed by atoms with Crippen LogP contribution in [0.3, 0.4) is 0 Å². The summed E-state index contributed by atoms with van der Waals surface area (Å²) < 4.78 is 38.3. The average molecular weight is 266 g/mol. The fraction of sp³-hybridized carbons (Fsp3) is 0.250. The maximum atomic E-state index is 12.8. The maximum absolute atomic E-state index is 12.8. The van der Waals surface area contributed by atoms with Crippen LogP contribution >= 0.6 is 0 Å². The molecule has 1 rings (SSSR count). The minimum absolute atomic E-state index is 0.250. The Morgan fingerprint density at radius 2 is 1.89 bits per heavy atom. The Hall–Kier alpha value is -1.77. The van der Waals surface area contributed by atoms with Crippen LogP contribution in [0, 0.1) is 0 Å². The van der Waals surface area contributed by atoms with Crippen LogP contribution in [-0.2, 0) is 12.6 Å². The number of hydrogen-bond acceptors (Lipinski definition) is 0. The van der Waals surface area contributed by atoms with Crippen molar-refractivity contribution in [1.29, 1.82) is 0 Å². The minimum Gasteiger partial charge on any atom is -0.166 e. The second-order valence-electron chi connectivity index (χ2n) is 4.29. The molecule has 0 amide bonds. The molecule has 0 spiro atoms. The normalized spacial score (nSPS) is 13.0. The smallest absolute Gasteiger partial charge is 0.166 e. The van der Waals surface area contributed by atoms with Gasteiger partial charge in [-0.15, -0.1) is 0 Å². The summed E-state index contributed by atoms with van der Waals surface area (Å²) in [4.78, 5) is 0. The van der Waals surface area contributed by atoms with Gasteiger partial charge in [0.15, 0.2) is 0 Å². The van der Waals surface area contributed by atoms with Crippen LogP contribution in [-0.4, -0.2) is 0 Å². The van der Waals surface area contributed by atoms with Crippen molar-refractivity contribution in [2.24, 2.45) is 0 Å². The van der Waals surface area contributed by atoms with Crippen molar-refractivity contribution in [3.63, 3.8) is 0 Å². The molecule has 102 valence electrons. The second-order valence-corrected chi connectivity index (χ2v) is 4.29. The highest BCUT2D eigenvalue weighted by atomic mass is 19.4. The number of halogens is 3. The van der Waals surface area contributed by atoms with Crippen molar-refractivity contribution in [2.45, 2.75) is 26.4 Å². The molecule has 0 aromatic heterocycles. The number of benzene rings is 1. The molecule has 0 fully saturated rings. The predicted octanol–water partition coefficient (Wildman–Crippen LogP) is 5.33.